The van der Waals surface area contributed by atoms with Gasteiger partial charge in [-0.15, -0.1) is 0 Å². The van der Waals surface area contributed by atoms with Gasteiger partial charge in [-0.05, 0) is 87.8 Å². The number of rotatable bonds is 7. The summed E-state index contributed by atoms with van der Waals surface area (Å²) in [5, 5.41) is 19.8. The Kier molecular flexibility index (Phi) is 7.60. The molecule has 35 heavy (non-hydrogen) atoms. The van der Waals surface area contributed by atoms with E-state index >= 15 is 0 Å². The largest absolute Gasteiger partial charge is 0.356 e. The van der Waals surface area contributed by atoms with Gasteiger partial charge in [0.25, 0.3) is 0 Å². The van der Waals surface area contributed by atoms with Gasteiger partial charge in [-0.25, -0.2) is 0 Å². The van der Waals surface area contributed by atoms with Gasteiger partial charge in [-0.2, -0.15) is 10.2 Å². The Balaban J connectivity index is 1.04. The van der Waals surface area contributed by atoms with Crippen LogP contribution in [0.25, 0.3) is 11.4 Å². The van der Waals surface area contributed by atoms with Gasteiger partial charge < -0.3 is 25.0 Å². The minimum Gasteiger partial charge on any atom is -0.356 e. The summed E-state index contributed by atoms with van der Waals surface area (Å²) >= 11 is 0. The number of hydrogen-bond acceptors (Lipinski definition) is 8. The van der Waals surface area contributed by atoms with Crippen molar-refractivity contribution in [3.63, 3.8) is 0 Å². The number of carbonyl (C=O) groups is 1. The molecule has 3 fully saturated rings. The van der Waals surface area contributed by atoms with Crippen molar-refractivity contribution in [2.24, 2.45) is 17.8 Å². The van der Waals surface area contributed by atoms with Crippen LogP contribution in [0.3, 0.4) is 0 Å². The summed E-state index contributed by atoms with van der Waals surface area (Å²) in [5.74, 6) is 2.08. The molecule has 5 rings (SSSR count). The number of carbonyl (C=O) groups excluding carboxylic acids is 1. The van der Waals surface area contributed by atoms with E-state index in [2.05, 4.69) is 36.6 Å². The topological polar surface area (TPSA) is 110 Å². The van der Waals surface area contributed by atoms with Crippen molar-refractivity contribution < 1.29 is 9.32 Å². The lowest BCUT2D eigenvalue weighted by Gasteiger charge is -2.30. The maximum atomic E-state index is 12.8. The predicted molar refractivity (Wildman–Crippen MR) is 133 cm³/mol. The van der Waals surface area contributed by atoms with E-state index in [-0.39, 0.29) is 11.8 Å². The minimum atomic E-state index is 0.0398. The molecular weight excluding hydrogens is 442 g/mol. The highest BCUT2D eigenvalue weighted by Crippen LogP contribution is 2.25. The molecule has 0 bridgehead atoms. The molecule has 1 aromatic carbocycles. The molecule has 3 saturated heterocycles. The number of nitriles is 1. The number of nitrogens with zero attached hydrogens (tertiary/aromatic N) is 5. The van der Waals surface area contributed by atoms with Crippen LogP contribution in [0.5, 0.6) is 0 Å². The molecule has 2 atom stereocenters. The molecule has 3 aliphatic heterocycles. The highest BCUT2D eigenvalue weighted by atomic mass is 16.5. The smallest absolute Gasteiger partial charge is 0.324 e. The molecule has 9 nitrogen and oxygen atoms in total. The summed E-state index contributed by atoms with van der Waals surface area (Å²) in [6, 6.07) is 9.72. The fourth-order valence-corrected chi connectivity index (χ4v) is 5.57. The number of aromatic nitrogens is 2. The van der Waals surface area contributed by atoms with E-state index in [4.69, 9.17) is 9.78 Å². The Labute approximate surface area is 206 Å². The van der Waals surface area contributed by atoms with Gasteiger partial charge in [0, 0.05) is 44.2 Å². The Morgan fingerprint density at radius 3 is 2.71 bits per heavy atom. The Bertz CT molecular complexity index is 1020. The lowest BCUT2D eigenvalue weighted by Crippen LogP contribution is -2.42. The van der Waals surface area contributed by atoms with Crippen molar-refractivity contribution >= 4 is 11.9 Å². The Morgan fingerprint density at radius 1 is 1.14 bits per heavy atom. The van der Waals surface area contributed by atoms with Crippen LogP contribution in [0.2, 0.25) is 0 Å². The van der Waals surface area contributed by atoms with Gasteiger partial charge in [0.2, 0.25) is 11.7 Å². The monoisotopic (exact) mass is 477 g/mol. The van der Waals surface area contributed by atoms with Gasteiger partial charge in [-0.3, -0.25) is 4.79 Å². The average molecular weight is 478 g/mol. The molecule has 1 amide bonds. The summed E-state index contributed by atoms with van der Waals surface area (Å²) in [6.07, 6.45) is 5.38. The molecule has 4 heterocycles. The summed E-state index contributed by atoms with van der Waals surface area (Å²) in [7, 11) is 0. The van der Waals surface area contributed by atoms with Crippen molar-refractivity contribution in [1.82, 2.24) is 25.7 Å². The van der Waals surface area contributed by atoms with Gasteiger partial charge in [0.05, 0.1) is 11.6 Å². The van der Waals surface area contributed by atoms with Gasteiger partial charge >= 0.3 is 6.01 Å². The van der Waals surface area contributed by atoms with Crippen molar-refractivity contribution in [2.75, 3.05) is 57.3 Å². The second-order valence-corrected chi connectivity index (χ2v) is 10.2. The first-order chi connectivity index (χ1) is 17.2. The lowest BCUT2D eigenvalue weighted by molar-refractivity contribution is -0.125. The van der Waals surface area contributed by atoms with Crippen LogP contribution in [0.15, 0.2) is 28.8 Å². The van der Waals surface area contributed by atoms with E-state index in [1.54, 1.807) is 12.1 Å². The molecule has 0 saturated carbocycles. The zero-order valence-corrected chi connectivity index (χ0v) is 20.3. The molecule has 9 heteroatoms. The van der Waals surface area contributed by atoms with E-state index < -0.39 is 0 Å². The highest BCUT2D eigenvalue weighted by molar-refractivity contribution is 5.79. The van der Waals surface area contributed by atoms with Crippen LogP contribution in [0.1, 0.15) is 37.7 Å². The average Bonchev–Trinajstić information content (AvgIpc) is 3.58. The second kappa shape index (κ2) is 11.2. The van der Waals surface area contributed by atoms with Crippen LogP contribution in [-0.4, -0.2) is 73.3 Å². The van der Waals surface area contributed by atoms with E-state index in [1.165, 1.54) is 32.4 Å². The third-order valence-corrected chi connectivity index (χ3v) is 7.67. The van der Waals surface area contributed by atoms with Gasteiger partial charge in [0.1, 0.15) is 0 Å². The van der Waals surface area contributed by atoms with Crippen LogP contribution >= 0.6 is 0 Å². The molecule has 1 aromatic heterocycles. The zero-order valence-electron chi connectivity index (χ0n) is 20.3. The number of nitrogens with one attached hydrogen (secondary N) is 2. The third kappa shape index (κ3) is 6.00. The molecule has 0 radical (unpaired) electrons. The summed E-state index contributed by atoms with van der Waals surface area (Å²) in [4.78, 5) is 22.0. The first-order valence-electron chi connectivity index (χ1n) is 13.0. The minimum absolute atomic E-state index is 0.0398. The first-order valence-corrected chi connectivity index (χ1v) is 13.0. The second-order valence-electron chi connectivity index (χ2n) is 10.2. The number of amides is 1. The SMILES string of the molecule is N#Cc1ccc(-c2noc(N3CCC(C(=O)NCC4CCN(C[C@H]5CCCNC5)C4)CC3)n2)cc1. The fraction of sp³-hybridized carbons (Fsp3) is 0.615. The lowest BCUT2D eigenvalue weighted by atomic mass is 9.96. The fourth-order valence-electron chi connectivity index (χ4n) is 5.57. The molecule has 3 aliphatic rings. The quantitative estimate of drug-likeness (QED) is 0.625. The molecule has 0 aliphatic carbocycles. The molecular formula is C26H35N7O2. The Morgan fingerprint density at radius 2 is 1.97 bits per heavy atom. The van der Waals surface area contributed by atoms with Crippen LogP contribution in [0, 0.1) is 29.1 Å². The number of anilines is 1. The zero-order chi connectivity index (χ0) is 24.0. The van der Waals surface area contributed by atoms with Crippen molar-refractivity contribution in [3.05, 3.63) is 29.8 Å². The van der Waals surface area contributed by atoms with Gasteiger partial charge in [0.15, 0.2) is 0 Å². The highest BCUT2D eigenvalue weighted by Gasteiger charge is 2.29. The van der Waals surface area contributed by atoms with Crippen molar-refractivity contribution in [3.8, 4) is 17.5 Å². The molecule has 1 unspecified atom stereocenters. The summed E-state index contributed by atoms with van der Waals surface area (Å²) in [5.41, 5.74) is 1.41. The normalized spacial score (nSPS) is 23.8. The molecule has 2 aromatic rings. The van der Waals surface area contributed by atoms with E-state index in [0.717, 1.165) is 63.6 Å². The van der Waals surface area contributed by atoms with Crippen LogP contribution in [0.4, 0.5) is 6.01 Å². The number of piperidine rings is 2. The van der Waals surface area contributed by atoms with Crippen LogP contribution < -0.4 is 15.5 Å². The van der Waals surface area contributed by atoms with E-state index in [0.29, 0.717) is 23.3 Å². The summed E-state index contributed by atoms with van der Waals surface area (Å²) in [6.45, 7) is 8.00. The first kappa shape index (κ1) is 23.8. The summed E-state index contributed by atoms with van der Waals surface area (Å²) < 4.78 is 5.48. The standard InChI is InChI=1S/C26H35N7O2/c27-14-19-3-5-22(6-4-19)24-30-26(35-31-24)33-12-8-23(9-13-33)25(34)29-16-21-7-11-32(18-21)17-20-2-1-10-28-15-20/h3-6,20-21,23,28H,1-2,7-13,15-18H2,(H,29,34)/t20-,21?/m0/s1. The third-order valence-electron chi connectivity index (χ3n) is 7.67. The van der Waals surface area contributed by atoms with Gasteiger partial charge in [-0.1, -0.05) is 5.16 Å². The molecule has 186 valence electrons. The van der Waals surface area contributed by atoms with Crippen LogP contribution in [-0.2, 0) is 4.79 Å². The maximum Gasteiger partial charge on any atom is 0.324 e. The maximum absolute atomic E-state index is 12.8. The number of likely N-dealkylation sites (tertiary alicyclic amines) is 1. The number of benzene rings is 1. The molecule has 2 N–H and O–H groups in total. The Hall–Kier alpha value is -2.96. The van der Waals surface area contributed by atoms with E-state index in [9.17, 15) is 4.79 Å². The molecule has 0 spiro atoms. The van der Waals surface area contributed by atoms with E-state index in [1.807, 2.05) is 12.1 Å². The number of hydrogen-bond donors (Lipinski definition) is 2. The predicted octanol–water partition coefficient (Wildman–Crippen LogP) is 2.26. The van der Waals surface area contributed by atoms with Crippen molar-refractivity contribution in [1.29, 1.82) is 5.26 Å². The van der Waals surface area contributed by atoms with Crippen molar-refractivity contribution in [2.45, 2.75) is 32.1 Å².